The van der Waals surface area contributed by atoms with Gasteiger partial charge in [-0.3, -0.25) is 4.79 Å². The molecule has 0 aliphatic heterocycles. The van der Waals surface area contributed by atoms with Crippen molar-refractivity contribution >= 4 is 50.6 Å². The van der Waals surface area contributed by atoms with Gasteiger partial charge in [-0.05, 0) is 25.1 Å². The average Bonchev–Trinajstić information content (AvgIpc) is 2.24. The van der Waals surface area contributed by atoms with Crippen LogP contribution in [-0.2, 0) is 0 Å². The van der Waals surface area contributed by atoms with E-state index in [4.69, 9.17) is 29.6 Å². The van der Waals surface area contributed by atoms with Crippen molar-refractivity contribution in [3.8, 4) is 0 Å². The standard InChI is InChI=1S/C11H12BrClN2OS/c1-6(10(14)17)15(2)11(16)7-3-8(12)5-9(13)4-7/h3-6H,1-2H3,(H2,14,17). The number of carbonyl (C=O) groups is 1. The molecule has 0 heterocycles. The van der Waals surface area contributed by atoms with Gasteiger partial charge >= 0.3 is 0 Å². The minimum Gasteiger partial charge on any atom is -0.392 e. The van der Waals surface area contributed by atoms with Gasteiger partial charge in [-0.1, -0.05) is 39.7 Å². The second-order valence-corrected chi connectivity index (χ2v) is 5.48. The summed E-state index contributed by atoms with van der Waals surface area (Å²) in [4.78, 5) is 13.9. The number of rotatable bonds is 3. The summed E-state index contributed by atoms with van der Waals surface area (Å²) in [5.41, 5.74) is 6.01. The van der Waals surface area contributed by atoms with Crippen LogP contribution < -0.4 is 5.73 Å². The third-order valence-electron chi connectivity index (χ3n) is 2.42. The Morgan fingerprint density at radius 1 is 1.53 bits per heavy atom. The summed E-state index contributed by atoms with van der Waals surface area (Å²) in [6, 6.07) is 4.74. The summed E-state index contributed by atoms with van der Waals surface area (Å²) in [5, 5.41) is 0.499. The second kappa shape index (κ2) is 5.80. The van der Waals surface area contributed by atoms with Gasteiger partial charge in [-0.25, -0.2) is 0 Å². The van der Waals surface area contributed by atoms with E-state index in [2.05, 4.69) is 15.9 Å². The van der Waals surface area contributed by atoms with Crippen molar-refractivity contribution in [1.82, 2.24) is 4.90 Å². The lowest BCUT2D eigenvalue weighted by atomic mass is 10.2. The van der Waals surface area contributed by atoms with E-state index in [1.165, 1.54) is 4.90 Å². The Morgan fingerprint density at radius 3 is 2.59 bits per heavy atom. The predicted molar refractivity (Wildman–Crippen MR) is 77.5 cm³/mol. The summed E-state index contributed by atoms with van der Waals surface area (Å²) in [5.74, 6) is -0.173. The molecule has 0 fully saturated rings. The quantitative estimate of drug-likeness (QED) is 0.864. The van der Waals surface area contributed by atoms with E-state index in [-0.39, 0.29) is 16.9 Å². The van der Waals surface area contributed by atoms with E-state index in [1.807, 2.05) is 0 Å². The molecule has 0 aromatic heterocycles. The number of nitrogens with two attached hydrogens (primary N) is 1. The number of hydrogen-bond donors (Lipinski definition) is 1. The van der Waals surface area contributed by atoms with Gasteiger partial charge < -0.3 is 10.6 Å². The van der Waals surface area contributed by atoms with Crippen LogP contribution in [0.4, 0.5) is 0 Å². The first-order valence-corrected chi connectivity index (χ1v) is 6.43. The third kappa shape index (κ3) is 3.66. The van der Waals surface area contributed by atoms with Crippen molar-refractivity contribution < 1.29 is 4.79 Å². The molecule has 1 aromatic rings. The Balaban J connectivity index is 3.00. The van der Waals surface area contributed by atoms with Crippen LogP contribution in [0, 0.1) is 0 Å². The van der Waals surface area contributed by atoms with Gasteiger partial charge in [0.25, 0.3) is 5.91 Å². The highest BCUT2D eigenvalue weighted by atomic mass is 79.9. The lowest BCUT2D eigenvalue weighted by Crippen LogP contribution is -2.42. The molecular weight excluding hydrogens is 324 g/mol. The van der Waals surface area contributed by atoms with Crippen molar-refractivity contribution in [3.05, 3.63) is 33.3 Å². The molecule has 0 saturated carbocycles. The molecule has 1 atom stereocenters. The fraction of sp³-hybridized carbons (Fsp3) is 0.273. The predicted octanol–water partition coefficient (Wildman–Crippen LogP) is 2.85. The van der Waals surface area contributed by atoms with Gasteiger partial charge in [0.05, 0.1) is 11.0 Å². The van der Waals surface area contributed by atoms with Crippen LogP contribution in [0.2, 0.25) is 5.02 Å². The summed E-state index contributed by atoms with van der Waals surface area (Å²) in [6.45, 7) is 1.78. The molecule has 1 aromatic carbocycles. The number of hydrogen-bond acceptors (Lipinski definition) is 2. The van der Waals surface area contributed by atoms with Gasteiger partial charge in [0.15, 0.2) is 0 Å². The number of benzene rings is 1. The minimum atomic E-state index is -0.296. The Bertz CT molecular complexity index is 447. The highest BCUT2D eigenvalue weighted by Crippen LogP contribution is 2.20. The molecule has 17 heavy (non-hydrogen) atoms. The topological polar surface area (TPSA) is 46.3 Å². The van der Waals surface area contributed by atoms with Crippen molar-refractivity contribution in [2.75, 3.05) is 7.05 Å². The van der Waals surface area contributed by atoms with Crippen LogP contribution in [0.15, 0.2) is 22.7 Å². The molecule has 0 radical (unpaired) electrons. The zero-order valence-electron chi connectivity index (χ0n) is 9.41. The number of likely N-dealkylation sites (N-methyl/N-ethyl adjacent to an activating group) is 1. The van der Waals surface area contributed by atoms with Crippen molar-refractivity contribution in [2.45, 2.75) is 13.0 Å². The zero-order chi connectivity index (χ0) is 13.2. The third-order valence-corrected chi connectivity index (χ3v) is 3.44. The molecule has 0 bridgehead atoms. The minimum absolute atomic E-state index is 0.173. The molecule has 0 saturated heterocycles. The first kappa shape index (κ1) is 14.4. The van der Waals surface area contributed by atoms with Crippen molar-refractivity contribution in [2.24, 2.45) is 5.73 Å². The largest absolute Gasteiger partial charge is 0.392 e. The van der Waals surface area contributed by atoms with E-state index in [1.54, 1.807) is 32.2 Å². The number of halogens is 2. The fourth-order valence-electron chi connectivity index (χ4n) is 1.25. The van der Waals surface area contributed by atoms with Gasteiger partial charge in [-0.2, -0.15) is 0 Å². The van der Waals surface area contributed by atoms with Crippen LogP contribution in [-0.4, -0.2) is 28.9 Å². The van der Waals surface area contributed by atoms with Crippen molar-refractivity contribution in [1.29, 1.82) is 0 Å². The van der Waals surface area contributed by atoms with E-state index in [0.29, 0.717) is 10.6 Å². The number of thiocarbonyl (C=S) groups is 1. The maximum absolute atomic E-state index is 12.1. The van der Waals surface area contributed by atoms with Gasteiger partial charge in [0, 0.05) is 22.1 Å². The smallest absolute Gasteiger partial charge is 0.254 e. The van der Waals surface area contributed by atoms with Crippen LogP contribution in [0.3, 0.4) is 0 Å². The Labute approximate surface area is 119 Å². The van der Waals surface area contributed by atoms with Gasteiger partial charge in [0.2, 0.25) is 0 Å². The highest BCUT2D eigenvalue weighted by molar-refractivity contribution is 9.10. The summed E-state index contributed by atoms with van der Waals surface area (Å²) >= 11 is 14.0. The molecular formula is C11H12BrClN2OS. The fourth-order valence-corrected chi connectivity index (χ4v) is 2.27. The molecule has 1 unspecified atom stereocenters. The first-order chi connectivity index (χ1) is 7.82. The maximum atomic E-state index is 12.1. The second-order valence-electron chi connectivity index (χ2n) is 3.65. The maximum Gasteiger partial charge on any atom is 0.254 e. The molecule has 0 aliphatic rings. The summed E-state index contributed by atoms with van der Waals surface area (Å²) < 4.78 is 0.754. The summed E-state index contributed by atoms with van der Waals surface area (Å²) in [6.07, 6.45) is 0. The Hall–Kier alpha value is -0.650. The SMILES string of the molecule is CC(C(N)=S)N(C)C(=O)c1cc(Cl)cc(Br)c1. The van der Waals surface area contributed by atoms with Gasteiger partial charge in [-0.15, -0.1) is 0 Å². The molecule has 3 nitrogen and oxygen atoms in total. The van der Waals surface area contributed by atoms with E-state index >= 15 is 0 Å². The Morgan fingerprint density at radius 2 is 2.12 bits per heavy atom. The average molecular weight is 336 g/mol. The number of nitrogens with zero attached hydrogens (tertiary/aromatic N) is 1. The molecule has 1 rings (SSSR count). The molecule has 0 aliphatic carbocycles. The van der Waals surface area contributed by atoms with Crippen LogP contribution in [0.5, 0.6) is 0 Å². The Kier molecular flexibility index (Phi) is 4.91. The van der Waals surface area contributed by atoms with E-state index < -0.39 is 0 Å². The molecule has 1 amide bonds. The van der Waals surface area contributed by atoms with Gasteiger partial charge in [0.1, 0.15) is 0 Å². The number of carbonyl (C=O) groups excluding carboxylic acids is 1. The first-order valence-electron chi connectivity index (χ1n) is 4.85. The van der Waals surface area contributed by atoms with Crippen LogP contribution in [0.1, 0.15) is 17.3 Å². The lowest BCUT2D eigenvalue weighted by Gasteiger charge is -2.24. The monoisotopic (exact) mass is 334 g/mol. The molecule has 6 heteroatoms. The summed E-state index contributed by atoms with van der Waals surface area (Å²) in [7, 11) is 1.65. The zero-order valence-corrected chi connectivity index (χ0v) is 12.6. The molecule has 2 N–H and O–H groups in total. The van der Waals surface area contributed by atoms with Crippen molar-refractivity contribution in [3.63, 3.8) is 0 Å². The molecule has 92 valence electrons. The van der Waals surface area contributed by atoms with Crippen LogP contribution >= 0.6 is 39.7 Å². The van der Waals surface area contributed by atoms with E-state index in [0.717, 1.165) is 4.47 Å². The van der Waals surface area contributed by atoms with Crippen LogP contribution in [0.25, 0.3) is 0 Å². The normalized spacial score (nSPS) is 12.0. The number of amides is 1. The molecule has 0 spiro atoms. The highest BCUT2D eigenvalue weighted by Gasteiger charge is 2.19. The lowest BCUT2D eigenvalue weighted by molar-refractivity contribution is 0.0779. The van der Waals surface area contributed by atoms with E-state index in [9.17, 15) is 4.79 Å².